The molecule has 0 saturated carbocycles. The second-order valence-corrected chi connectivity index (χ2v) is 9.57. The van der Waals surface area contributed by atoms with Crippen molar-refractivity contribution in [3.05, 3.63) is 59.2 Å². The molecule has 0 aliphatic heterocycles. The van der Waals surface area contributed by atoms with Gasteiger partial charge in [-0.1, -0.05) is 49.7 Å². The monoisotopic (exact) mass is 377 g/mol. The van der Waals surface area contributed by atoms with Crippen LogP contribution in [0.15, 0.2) is 52.3 Å². The zero-order chi connectivity index (χ0) is 18.6. The van der Waals surface area contributed by atoms with Gasteiger partial charge >= 0.3 is 0 Å². The van der Waals surface area contributed by atoms with Crippen LogP contribution in [0.4, 0.5) is 0 Å². The first kappa shape index (κ1) is 20.0. The van der Waals surface area contributed by atoms with Gasteiger partial charge in [-0.15, -0.1) is 11.8 Å². The minimum atomic E-state index is -3.55. The van der Waals surface area contributed by atoms with E-state index < -0.39 is 10.0 Å². The van der Waals surface area contributed by atoms with Crippen LogP contribution in [0.2, 0.25) is 0 Å². The van der Waals surface area contributed by atoms with Crippen LogP contribution in [-0.4, -0.2) is 20.2 Å². The van der Waals surface area contributed by atoms with Gasteiger partial charge < -0.3 is 0 Å². The summed E-state index contributed by atoms with van der Waals surface area (Å²) in [5.74, 6) is 0.905. The predicted molar refractivity (Wildman–Crippen MR) is 107 cm³/mol. The van der Waals surface area contributed by atoms with Crippen molar-refractivity contribution in [1.29, 1.82) is 0 Å². The molecule has 0 radical (unpaired) electrons. The number of aryl methyl sites for hydroxylation is 3. The lowest BCUT2D eigenvalue weighted by Crippen LogP contribution is -2.40. The Balaban J connectivity index is 2.21. The molecule has 2 aromatic carbocycles. The first-order valence-corrected chi connectivity index (χ1v) is 11.0. The van der Waals surface area contributed by atoms with E-state index >= 15 is 0 Å². The van der Waals surface area contributed by atoms with Crippen LogP contribution < -0.4 is 4.72 Å². The standard InChI is InChI=1S/C20H27NO2S2/c1-14(2)19(13-24-18-9-7-6-8-10-18)21-25(22,23)20-16(4)11-15(3)12-17(20)5/h6-12,14,19,21H,13H2,1-5H3. The quantitative estimate of drug-likeness (QED) is 0.711. The highest BCUT2D eigenvalue weighted by Crippen LogP contribution is 2.25. The van der Waals surface area contributed by atoms with Crippen molar-refractivity contribution in [2.45, 2.75) is 50.5 Å². The van der Waals surface area contributed by atoms with Gasteiger partial charge in [0.15, 0.2) is 0 Å². The fourth-order valence-electron chi connectivity index (χ4n) is 2.91. The van der Waals surface area contributed by atoms with Crippen LogP contribution in [0, 0.1) is 26.7 Å². The van der Waals surface area contributed by atoms with Crippen molar-refractivity contribution in [3.63, 3.8) is 0 Å². The fourth-order valence-corrected chi connectivity index (χ4v) is 6.05. The van der Waals surface area contributed by atoms with E-state index in [1.165, 1.54) is 0 Å². The van der Waals surface area contributed by atoms with Crippen molar-refractivity contribution in [1.82, 2.24) is 4.72 Å². The van der Waals surface area contributed by atoms with Gasteiger partial charge in [0, 0.05) is 16.7 Å². The van der Waals surface area contributed by atoms with E-state index in [4.69, 9.17) is 0 Å². The summed E-state index contributed by atoms with van der Waals surface area (Å²) >= 11 is 1.68. The number of hydrogen-bond donors (Lipinski definition) is 1. The van der Waals surface area contributed by atoms with Crippen LogP contribution in [0.25, 0.3) is 0 Å². The van der Waals surface area contributed by atoms with Crippen molar-refractivity contribution < 1.29 is 8.42 Å². The molecule has 0 bridgehead atoms. The minimum absolute atomic E-state index is 0.129. The average molecular weight is 378 g/mol. The molecule has 1 N–H and O–H groups in total. The van der Waals surface area contributed by atoms with E-state index in [1.54, 1.807) is 11.8 Å². The van der Waals surface area contributed by atoms with Gasteiger partial charge in [0.1, 0.15) is 0 Å². The average Bonchev–Trinajstić information content (AvgIpc) is 2.50. The van der Waals surface area contributed by atoms with Crippen LogP contribution in [0.1, 0.15) is 30.5 Å². The van der Waals surface area contributed by atoms with Gasteiger partial charge in [0.05, 0.1) is 4.90 Å². The molecular formula is C20H27NO2S2. The Morgan fingerprint density at radius 2 is 1.56 bits per heavy atom. The Labute approximate surface area is 156 Å². The third-order valence-corrected chi connectivity index (χ3v) is 7.08. The zero-order valence-corrected chi connectivity index (χ0v) is 17.2. The maximum atomic E-state index is 13.0. The molecule has 2 aromatic rings. The molecule has 1 unspecified atom stereocenters. The Morgan fingerprint density at radius 1 is 1.00 bits per heavy atom. The number of hydrogen-bond acceptors (Lipinski definition) is 3. The van der Waals surface area contributed by atoms with E-state index in [9.17, 15) is 8.42 Å². The van der Waals surface area contributed by atoms with Crippen molar-refractivity contribution in [3.8, 4) is 0 Å². The fraction of sp³-hybridized carbons (Fsp3) is 0.400. The lowest BCUT2D eigenvalue weighted by atomic mass is 10.1. The Hall–Kier alpha value is -1.30. The van der Waals surface area contributed by atoms with E-state index in [-0.39, 0.29) is 12.0 Å². The Morgan fingerprint density at radius 3 is 2.08 bits per heavy atom. The molecule has 3 nitrogen and oxygen atoms in total. The Kier molecular flexibility index (Phi) is 6.72. The molecule has 136 valence electrons. The first-order valence-electron chi connectivity index (χ1n) is 8.48. The van der Waals surface area contributed by atoms with Crippen molar-refractivity contribution in [2.24, 2.45) is 5.92 Å². The summed E-state index contributed by atoms with van der Waals surface area (Å²) in [6.07, 6.45) is 0. The van der Waals surface area contributed by atoms with Crippen LogP contribution in [0.5, 0.6) is 0 Å². The smallest absolute Gasteiger partial charge is 0.207 e. The highest BCUT2D eigenvalue weighted by Gasteiger charge is 2.25. The van der Waals surface area contributed by atoms with Crippen molar-refractivity contribution in [2.75, 3.05) is 5.75 Å². The van der Waals surface area contributed by atoms with Gasteiger partial charge in [0.25, 0.3) is 0 Å². The van der Waals surface area contributed by atoms with Crippen LogP contribution in [0.3, 0.4) is 0 Å². The molecule has 0 spiro atoms. The highest BCUT2D eigenvalue weighted by molar-refractivity contribution is 7.99. The molecule has 2 rings (SSSR count). The molecule has 0 amide bonds. The van der Waals surface area contributed by atoms with Gasteiger partial charge in [-0.05, 0) is 49.9 Å². The largest absolute Gasteiger partial charge is 0.241 e. The number of benzene rings is 2. The zero-order valence-electron chi connectivity index (χ0n) is 15.5. The first-order chi connectivity index (χ1) is 11.7. The predicted octanol–water partition coefficient (Wildman–Crippen LogP) is 4.71. The minimum Gasteiger partial charge on any atom is -0.207 e. The molecule has 0 fully saturated rings. The third kappa shape index (κ3) is 5.33. The highest BCUT2D eigenvalue weighted by atomic mass is 32.2. The van der Waals surface area contributed by atoms with Crippen molar-refractivity contribution >= 4 is 21.8 Å². The summed E-state index contributed by atoms with van der Waals surface area (Å²) < 4.78 is 28.9. The summed E-state index contributed by atoms with van der Waals surface area (Å²) in [6.45, 7) is 9.80. The lowest BCUT2D eigenvalue weighted by molar-refractivity contribution is 0.481. The summed E-state index contributed by atoms with van der Waals surface area (Å²) in [5, 5.41) is 0. The molecule has 25 heavy (non-hydrogen) atoms. The number of sulfonamides is 1. The third-order valence-electron chi connectivity index (χ3n) is 4.16. The molecule has 0 aliphatic carbocycles. The van der Waals surface area contributed by atoms with Gasteiger partial charge in [-0.2, -0.15) is 0 Å². The molecular weight excluding hydrogens is 350 g/mol. The maximum Gasteiger partial charge on any atom is 0.241 e. The van der Waals surface area contributed by atoms with Gasteiger partial charge in [-0.25, -0.2) is 13.1 Å². The second-order valence-electron chi connectivity index (χ2n) is 6.82. The van der Waals surface area contributed by atoms with E-state index in [1.807, 2.05) is 77.1 Å². The molecule has 0 heterocycles. The summed E-state index contributed by atoms with van der Waals surface area (Å²) in [4.78, 5) is 1.56. The number of nitrogens with one attached hydrogen (secondary N) is 1. The van der Waals surface area contributed by atoms with Crippen LogP contribution >= 0.6 is 11.8 Å². The van der Waals surface area contributed by atoms with E-state index in [0.29, 0.717) is 10.6 Å². The Bertz CT molecular complexity index is 792. The SMILES string of the molecule is Cc1cc(C)c(S(=O)(=O)NC(CSc2ccccc2)C(C)C)c(C)c1. The topological polar surface area (TPSA) is 46.2 Å². The second kappa shape index (κ2) is 8.39. The number of rotatable bonds is 7. The molecule has 0 aromatic heterocycles. The molecule has 0 aliphatic rings. The lowest BCUT2D eigenvalue weighted by Gasteiger charge is -2.23. The molecule has 0 saturated heterocycles. The van der Waals surface area contributed by atoms with E-state index in [2.05, 4.69) is 4.72 Å². The van der Waals surface area contributed by atoms with E-state index in [0.717, 1.165) is 21.6 Å². The molecule has 5 heteroatoms. The maximum absolute atomic E-state index is 13.0. The summed E-state index contributed by atoms with van der Waals surface area (Å²) in [6, 6.07) is 13.8. The van der Waals surface area contributed by atoms with Crippen LogP contribution in [-0.2, 0) is 10.0 Å². The summed E-state index contributed by atoms with van der Waals surface area (Å²) in [5.41, 5.74) is 2.67. The molecule has 1 atom stereocenters. The number of thioether (sulfide) groups is 1. The van der Waals surface area contributed by atoms with Gasteiger partial charge in [0.2, 0.25) is 10.0 Å². The normalized spacial score (nSPS) is 13.2. The summed E-state index contributed by atoms with van der Waals surface area (Å²) in [7, 11) is -3.55. The van der Waals surface area contributed by atoms with Gasteiger partial charge in [-0.3, -0.25) is 0 Å².